The molecule has 0 atom stereocenters. The third-order valence-corrected chi connectivity index (χ3v) is 5.14. The summed E-state index contributed by atoms with van der Waals surface area (Å²) in [7, 11) is 0. The molecular formula is C21H22N2O2. The predicted octanol–water partition coefficient (Wildman–Crippen LogP) is 3.19. The number of nitrogens with zero attached hydrogens (tertiary/aromatic N) is 2. The fourth-order valence-electron chi connectivity index (χ4n) is 3.77. The second kappa shape index (κ2) is 6.81. The summed E-state index contributed by atoms with van der Waals surface area (Å²) in [6.45, 7) is 4.55. The van der Waals surface area contributed by atoms with Crippen molar-refractivity contribution in [1.29, 1.82) is 0 Å². The van der Waals surface area contributed by atoms with E-state index in [0.717, 1.165) is 19.5 Å². The molecule has 0 aromatic heterocycles. The number of hydrogen-bond acceptors (Lipinski definition) is 4. The normalized spacial score (nSPS) is 20.1. The lowest BCUT2D eigenvalue weighted by Gasteiger charge is -2.21. The maximum atomic E-state index is 12.5. The smallest absolute Gasteiger partial charge is 0.198 e. The number of Topliss-reactive ketones (excluding diaryl/α,β-unsaturated/α-hetero) is 2. The molecule has 0 N–H and O–H groups in total. The molecule has 0 radical (unpaired) electrons. The highest BCUT2D eigenvalue weighted by atomic mass is 16.2. The molecule has 4 nitrogen and oxygen atoms in total. The summed E-state index contributed by atoms with van der Waals surface area (Å²) >= 11 is 0. The molecule has 4 rings (SSSR count). The third-order valence-electron chi connectivity index (χ3n) is 5.14. The third kappa shape index (κ3) is 3.10. The molecule has 0 spiro atoms. The Bertz CT molecular complexity index is 745. The van der Waals surface area contributed by atoms with Gasteiger partial charge in [-0.2, -0.15) is 0 Å². The van der Waals surface area contributed by atoms with Crippen LogP contribution in [-0.2, 0) is 0 Å². The summed E-state index contributed by atoms with van der Waals surface area (Å²) in [5.41, 5.74) is 2.04. The van der Waals surface area contributed by atoms with Gasteiger partial charge in [0.15, 0.2) is 11.6 Å². The van der Waals surface area contributed by atoms with Crippen LogP contribution in [0.3, 0.4) is 0 Å². The van der Waals surface area contributed by atoms with Gasteiger partial charge in [0, 0.05) is 30.1 Å². The molecule has 2 aliphatic heterocycles. The molecule has 0 bridgehead atoms. The molecule has 0 saturated carbocycles. The fraction of sp³-hybridized carbons (Fsp3) is 0.333. The summed E-state index contributed by atoms with van der Waals surface area (Å²) in [6.07, 6.45) is 11.5. The number of hydrogen-bond donors (Lipinski definition) is 0. The number of benzene rings is 1. The number of allylic oxidation sites excluding steroid dienone is 4. The highest BCUT2D eigenvalue weighted by Gasteiger charge is 2.34. The number of fused-ring (bicyclic) bond motifs is 1. The highest BCUT2D eigenvalue weighted by molar-refractivity contribution is 6.40. The van der Waals surface area contributed by atoms with Crippen molar-refractivity contribution >= 4 is 11.6 Å². The van der Waals surface area contributed by atoms with Gasteiger partial charge in [-0.05, 0) is 56.6 Å². The lowest BCUT2D eigenvalue weighted by atomic mass is 10.0. The summed E-state index contributed by atoms with van der Waals surface area (Å²) < 4.78 is 0. The molecule has 1 fully saturated rings. The van der Waals surface area contributed by atoms with Crippen molar-refractivity contribution in [2.45, 2.75) is 19.3 Å². The largest absolute Gasteiger partial charge is 0.354 e. The topological polar surface area (TPSA) is 40.6 Å². The Kier molecular flexibility index (Phi) is 4.36. The lowest BCUT2D eigenvalue weighted by Crippen LogP contribution is -2.24. The molecule has 2 heterocycles. The van der Waals surface area contributed by atoms with Gasteiger partial charge >= 0.3 is 0 Å². The second-order valence-corrected chi connectivity index (χ2v) is 6.81. The minimum Gasteiger partial charge on any atom is -0.354 e. The number of carbonyl (C=O) groups excluding carboxylic acids is 2. The molecule has 25 heavy (non-hydrogen) atoms. The first kappa shape index (κ1) is 16.0. The maximum Gasteiger partial charge on any atom is 0.198 e. The van der Waals surface area contributed by atoms with Crippen LogP contribution in [0.2, 0.25) is 0 Å². The Morgan fingerprint density at radius 1 is 0.840 bits per heavy atom. The van der Waals surface area contributed by atoms with Crippen molar-refractivity contribution in [2.75, 3.05) is 26.2 Å². The van der Waals surface area contributed by atoms with Gasteiger partial charge in [-0.3, -0.25) is 9.59 Å². The first-order chi connectivity index (χ1) is 12.2. The molecule has 128 valence electrons. The zero-order chi connectivity index (χ0) is 17.2. The molecule has 1 aromatic rings. The van der Waals surface area contributed by atoms with Crippen LogP contribution < -0.4 is 0 Å². The van der Waals surface area contributed by atoms with Gasteiger partial charge in [0.05, 0.1) is 5.57 Å². The van der Waals surface area contributed by atoms with E-state index in [-0.39, 0.29) is 11.6 Å². The molecule has 1 aromatic carbocycles. The molecule has 4 heteroatoms. The number of rotatable bonds is 4. The van der Waals surface area contributed by atoms with E-state index in [1.165, 1.54) is 25.9 Å². The van der Waals surface area contributed by atoms with Crippen molar-refractivity contribution in [2.24, 2.45) is 0 Å². The SMILES string of the molecule is O=C1C(=C2C=CN(CCCN3CCCC3)C=C2)C(=O)c2ccccc21. The van der Waals surface area contributed by atoms with Crippen molar-refractivity contribution in [3.8, 4) is 0 Å². The Morgan fingerprint density at radius 2 is 1.44 bits per heavy atom. The van der Waals surface area contributed by atoms with E-state index in [4.69, 9.17) is 0 Å². The van der Waals surface area contributed by atoms with Crippen LogP contribution in [0, 0.1) is 0 Å². The highest BCUT2D eigenvalue weighted by Crippen LogP contribution is 2.30. The summed E-state index contributed by atoms with van der Waals surface area (Å²) in [6, 6.07) is 7.05. The monoisotopic (exact) mass is 334 g/mol. The van der Waals surface area contributed by atoms with Gasteiger partial charge in [-0.15, -0.1) is 0 Å². The fourth-order valence-corrected chi connectivity index (χ4v) is 3.77. The van der Waals surface area contributed by atoms with Gasteiger partial charge < -0.3 is 9.80 Å². The number of ketones is 2. The van der Waals surface area contributed by atoms with E-state index in [2.05, 4.69) is 9.80 Å². The van der Waals surface area contributed by atoms with Gasteiger partial charge in [0.25, 0.3) is 0 Å². The van der Waals surface area contributed by atoms with Crippen LogP contribution in [-0.4, -0.2) is 47.5 Å². The minimum atomic E-state index is -0.160. The average molecular weight is 334 g/mol. The minimum absolute atomic E-state index is 0.160. The first-order valence-electron chi connectivity index (χ1n) is 9.01. The summed E-state index contributed by atoms with van der Waals surface area (Å²) in [5.74, 6) is -0.320. The molecule has 1 saturated heterocycles. The van der Waals surface area contributed by atoms with E-state index < -0.39 is 0 Å². The first-order valence-corrected chi connectivity index (χ1v) is 9.01. The molecule has 0 amide bonds. The van der Waals surface area contributed by atoms with Crippen LogP contribution in [0.1, 0.15) is 40.0 Å². The van der Waals surface area contributed by atoms with Crippen molar-refractivity contribution in [3.05, 3.63) is 71.1 Å². The Hall–Kier alpha value is -2.46. The number of likely N-dealkylation sites (tertiary alicyclic amines) is 1. The van der Waals surface area contributed by atoms with Crippen LogP contribution in [0.4, 0.5) is 0 Å². The van der Waals surface area contributed by atoms with E-state index >= 15 is 0 Å². The quantitative estimate of drug-likeness (QED) is 0.626. The number of carbonyl (C=O) groups is 2. The summed E-state index contributed by atoms with van der Waals surface area (Å²) in [4.78, 5) is 29.7. The Balaban J connectivity index is 1.42. The van der Waals surface area contributed by atoms with Gasteiger partial charge in [-0.1, -0.05) is 24.3 Å². The lowest BCUT2D eigenvalue weighted by molar-refractivity contribution is 0.0988. The van der Waals surface area contributed by atoms with Crippen LogP contribution in [0.25, 0.3) is 0 Å². The van der Waals surface area contributed by atoms with E-state index in [1.54, 1.807) is 24.3 Å². The maximum absolute atomic E-state index is 12.5. The average Bonchev–Trinajstić information content (AvgIpc) is 3.24. The second-order valence-electron chi connectivity index (χ2n) is 6.81. The van der Waals surface area contributed by atoms with Gasteiger partial charge in [0.2, 0.25) is 0 Å². The predicted molar refractivity (Wildman–Crippen MR) is 97.4 cm³/mol. The Labute approximate surface area is 148 Å². The van der Waals surface area contributed by atoms with E-state index in [0.29, 0.717) is 22.3 Å². The Morgan fingerprint density at radius 3 is 2.04 bits per heavy atom. The standard InChI is InChI=1S/C21H22N2O2/c24-20-17-6-1-2-7-18(17)21(25)19(20)16-8-14-23(15-9-16)13-5-12-22-10-3-4-11-22/h1-2,6-9,14-15H,3-5,10-13H2. The van der Waals surface area contributed by atoms with Crippen molar-refractivity contribution in [1.82, 2.24) is 9.80 Å². The molecular weight excluding hydrogens is 312 g/mol. The van der Waals surface area contributed by atoms with E-state index in [1.807, 2.05) is 24.6 Å². The molecule has 0 unspecified atom stereocenters. The van der Waals surface area contributed by atoms with Crippen molar-refractivity contribution < 1.29 is 9.59 Å². The van der Waals surface area contributed by atoms with Gasteiger partial charge in [0.1, 0.15) is 0 Å². The van der Waals surface area contributed by atoms with Crippen LogP contribution >= 0.6 is 0 Å². The zero-order valence-electron chi connectivity index (χ0n) is 14.3. The molecule has 3 aliphatic rings. The van der Waals surface area contributed by atoms with Gasteiger partial charge in [-0.25, -0.2) is 0 Å². The molecule has 1 aliphatic carbocycles. The summed E-state index contributed by atoms with van der Waals surface area (Å²) in [5, 5.41) is 0. The van der Waals surface area contributed by atoms with Crippen LogP contribution in [0.5, 0.6) is 0 Å². The van der Waals surface area contributed by atoms with Crippen molar-refractivity contribution in [3.63, 3.8) is 0 Å². The zero-order valence-corrected chi connectivity index (χ0v) is 14.3. The van der Waals surface area contributed by atoms with Crippen LogP contribution in [0.15, 0.2) is 60.0 Å². The van der Waals surface area contributed by atoms with E-state index in [9.17, 15) is 9.59 Å².